The van der Waals surface area contributed by atoms with Crippen molar-refractivity contribution in [3.63, 3.8) is 0 Å². The number of ether oxygens (including phenoxy) is 2. The zero-order chi connectivity index (χ0) is 15.9. The molecule has 22 heavy (non-hydrogen) atoms. The molecule has 116 valence electrons. The fourth-order valence-corrected chi connectivity index (χ4v) is 2.34. The quantitative estimate of drug-likeness (QED) is 0.404. The fourth-order valence-electron chi connectivity index (χ4n) is 1.84. The van der Waals surface area contributed by atoms with Gasteiger partial charge in [0.2, 0.25) is 0 Å². The van der Waals surface area contributed by atoms with Crippen LogP contribution in [0.25, 0.3) is 0 Å². The number of carbonyl (C=O) groups excluding carboxylic acids is 1. The molecular formula is C18H19BrO3. The summed E-state index contributed by atoms with van der Waals surface area (Å²) >= 11 is 3.43. The van der Waals surface area contributed by atoms with Crippen LogP contribution in [0.3, 0.4) is 0 Å². The van der Waals surface area contributed by atoms with Crippen molar-refractivity contribution in [1.29, 1.82) is 0 Å². The predicted octanol–water partition coefficient (Wildman–Crippen LogP) is 5.16. The van der Waals surface area contributed by atoms with Crippen molar-refractivity contribution in [3.05, 3.63) is 58.1 Å². The number of halogens is 1. The van der Waals surface area contributed by atoms with Gasteiger partial charge in [-0.2, -0.15) is 0 Å². The maximum absolute atomic E-state index is 12.1. The van der Waals surface area contributed by atoms with Gasteiger partial charge in [0.1, 0.15) is 11.5 Å². The second-order valence-electron chi connectivity index (χ2n) is 5.05. The molecule has 0 radical (unpaired) electrons. The maximum Gasteiger partial charge on any atom is 0.343 e. The van der Waals surface area contributed by atoms with Gasteiger partial charge in [-0.05, 0) is 59.6 Å². The summed E-state index contributed by atoms with van der Waals surface area (Å²) in [5, 5.41) is 0. The summed E-state index contributed by atoms with van der Waals surface area (Å²) < 4.78 is 11.7. The van der Waals surface area contributed by atoms with Gasteiger partial charge < -0.3 is 9.47 Å². The molecule has 0 aromatic heterocycles. The van der Waals surface area contributed by atoms with Crippen molar-refractivity contribution in [2.24, 2.45) is 0 Å². The number of unbranched alkanes of at least 4 members (excludes halogenated alkanes) is 1. The van der Waals surface area contributed by atoms with E-state index >= 15 is 0 Å². The van der Waals surface area contributed by atoms with E-state index in [9.17, 15) is 4.79 Å². The molecule has 0 bridgehead atoms. The van der Waals surface area contributed by atoms with Crippen molar-refractivity contribution < 1.29 is 14.3 Å². The van der Waals surface area contributed by atoms with E-state index in [1.807, 2.05) is 19.1 Å². The van der Waals surface area contributed by atoms with Gasteiger partial charge in [-0.3, -0.25) is 0 Å². The lowest BCUT2D eigenvalue weighted by Gasteiger charge is -2.09. The summed E-state index contributed by atoms with van der Waals surface area (Å²) in [5.41, 5.74) is 1.60. The molecule has 0 saturated carbocycles. The number of benzene rings is 2. The Balaban J connectivity index is 2.03. The lowest BCUT2D eigenvalue weighted by molar-refractivity contribution is 0.0734. The first-order valence-corrected chi connectivity index (χ1v) is 8.10. The minimum absolute atomic E-state index is 0.385. The largest absolute Gasteiger partial charge is 0.492 e. The maximum atomic E-state index is 12.1. The number of rotatable bonds is 6. The molecule has 0 unspecified atom stereocenters. The van der Waals surface area contributed by atoms with Gasteiger partial charge in [0.15, 0.2) is 0 Å². The Kier molecular flexibility index (Phi) is 6.01. The fraction of sp³-hybridized carbons (Fsp3) is 0.278. The lowest BCUT2D eigenvalue weighted by Crippen LogP contribution is -2.08. The van der Waals surface area contributed by atoms with E-state index in [0.717, 1.165) is 28.6 Å². The van der Waals surface area contributed by atoms with Crippen molar-refractivity contribution in [3.8, 4) is 11.5 Å². The van der Waals surface area contributed by atoms with E-state index < -0.39 is 0 Å². The predicted molar refractivity (Wildman–Crippen MR) is 90.7 cm³/mol. The summed E-state index contributed by atoms with van der Waals surface area (Å²) in [6, 6.07) is 12.6. The van der Waals surface area contributed by atoms with Crippen LogP contribution in [0.2, 0.25) is 0 Å². The molecule has 0 aliphatic rings. The minimum atomic E-state index is -0.385. The first-order valence-electron chi connectivity index (χ1n) is 7.31. The molecule has 0 heterocycles. The second-order valence-corrected chi connectivity index (χ2v) is 5.90. The highest BCUT2D eigenvalue weighted by Crippen LogP contribution is 2.27. The molecule has 3 nitrogen and oxygen atoms in total. The first-order chi connectivity index (χ1) is 10.6. The third-order valence-corrected chi connectivity index (χ3v) is 3.77. The van der Waals surface area contributed by atoms with Crippen molar-refractivity contribution in [2.45, 2.75) is 26.7 Å². The Morgan fingerprint density at radius 1 is 1.14 bits per heavy atom. The molecule has 2 aromatic carbocycles. The molecule has 2 rings (SSSR count). The third kappa shape index (κ3) is 4.60. The van der Waals surface area contributed by atoms with E-state index in [4.69, 9.17) is 9.47 Å². The van der Waals surface area contributed by atoms with Gasteiger partial charge in [-0.25, -0.2) is 4.79 Å². The lowest BCUT2D eigenvalue weighted by atomic mass is 10.2. The molecule has 0 spiro atoms. The van der Waals surface area contributed by atoms with Gasteiger partial charge in [-0.15, -0.1) is 0 Å². The summed E-state index contributed by atoms with van der Waals surface area (Å²) in [6.07, 6.45) is 2.09. The highest BCUT2D eigenvalue weighted by Gasteiger charge is 2.11. The molecule has 0 saturated heterocycles. The van der Waals surface area contributed by atoms with Crippen LogP contribution < -0.4 is 9.47 Å². The summed E-state index contributed by atoms with van der Waals surface area (Å²) in [5.74, 6) is 0.889. The summed E-state index contributed by atoms with van der Waals surface area (Å²) in [6.45, 7) is 4.77. The first kappa shape index (κ1) is 16.6. The topological polar surface area (TPSA) is 35.5 Å². The Morgan fingerprint density at radius 3 is 2.50 bits per heavy atom. The van der Waals surface area contributed by atoms with Crippen molar-refractivity contribution in [1.82, 2.24) is 0 Å². The molecule has 0 aliphatic heterocycles. The Labute approximate surface area is 139 Å². The molecule has 0 atom stereocenters. The second kappa shape index (κ2) is 7.99. The molecule has 0 amide bonds. The molecule has 0 aliphatic carbocycles. The standard InChI is InChI=1S/C18H19BrO3/c1-3-4-11-21-17-10-7-14(12-16(17)19)18(20)22-15-8-5-13(2)6-9-15/h5-10,12H,3-4,11H2,1-2H3. The van der Waals surface area contributed by atoms with Gasteiger partial charge in [0, 0.05) is 0 Å². The minimum Gasteiger partial charge on any atom is -0.492 e. The van der Waals surface area contributed by atoms with E-state index in [-0.39, 0.29) is 5.97 Å². The Morgan fingerprint density at radius 2 is 1.86 bits per heavy atom. The molecular weight excluding hydrogens is 344 g/mol. The monoisotopic (exact) mass is 362 g/mol. The van der Waals surface area contributed by atoms with Gasteiger partial charge in [0.25, 0.3) is 0 Å². The number of hydrogen-bond donors (Lipinski definition) is 0. The highest BCUT2D eigenvalue weighted by atomic mass is 79.9. The molecule has 4 heteroatoms. The van der Waals surface area contributed by atoms with Gasteiger partial charge in [-0.1, -0.05) is 31.0 Å². The molecule has 2 aromatic rings. The van der Waals surface area contributed by atoms with Crippen LogP contribution in [0.1, 0.15) is 35.7 Å². The number of esters is 1. The van der Waals surface area contributed by atoms with Crippen LogP contribution in [-0.2, 0) is 0 Å². The van der Waals surface area contributed by atoms with Crippen molar-refractivity contribution in [2.75, 3.05) is 6.61 Å². The van der Waals surface area contributed by atoms with Crippen LogP contribution in [0.15, 0.2) is 46.9 Å². The number of hydrogen-bond acceptors (Lipinski definition) is 3. The smallest absolute Gasteiger partial charge is 0.343 e. The van der Waals surface area contributed by atoms with Crippen LogP contribution >= 0.6 is 15.9 Å². The third-order valence-electron chi connectivity index (χ3n) is 3.15. The number of carbonyl (C=O) groups is 1. The normalized spacial score (nSPS) is 10.3. The Hall–Kier alpha value is -1.81. The van der Waals surface area contributed by atoms with Crippen LogP contribution in [0.5, 0.6) is 11.5 Å². The van der Waals surface area contributed by atoms with E-state index in [1.165, 1.54) is 0 Å². The zero-order valence-corrected chi connectivity index (χ0v) is 14.4. The van der Waals surface area contributed by atoms with Crippen LogP contribution in [0.4, 0.5) is 0 Å². The molecule has 0 fully saturated rings. The van der Waals surface area contributed by atoms with Crippen LogP contribution in [0, 0.1) is 6.92 Å². The number of aryl methyl sites for hydroxylation is 1. The van der Waals surface area contributed by atoms with E-state index in [1.54, 1.807) is 30.3 Å². The SMILES string of the molecule is CCCCOc1ccc(C(=O)Oc2ccc(C)cc2)cc1Br. The Bertz CT molecular complexity index is 635. The van der Waals surface area contributed by atoms with Crippen LogP contribution in [-0.4, -0.2) is 12.6 Å². The van der Waals surface area contributed by atoms with E-state index in [2.05, 4.69) is 22.9 Å². The van der Waals surface area contributed by atoms with Gasteiger partial charge in [0.05, 0.1) is 16.6 Å². The van der Waals surface area contributed by atoms with E-state index in [0.29, 0.717) is 17.9 Å². The zero-order valence-electron chi connectivity index (χ0n) is 12.8. The van der Waals surface area contributed by atoms with Crippen molar-refractivity contribution >= 4 is 21.9 Å². The summed E-state index contributed by atoms with van der Waals surface area (Å²) in [4.78, 5) is 12.1. The highest BCUT2D eigenvalue weighted by molar-refractivity contribution is 9.10. The van der Waals surface area contributed by atoms with Gasteiger partial charge >= 0.3 is 5.97 Å². The summed E-state index contributed by atoms with van der Waals surface area (Å²) in [7, 11) is 0. The average molecular weight is 363 g/mol. The molecule has 0 N–H and O–H groups in total. The average Bonchev–Trinajstić information content (AvgIpc) is 2.51.